The molecule has 4 aromatic carbocycles. The highest BCUT2D eigenvalue weighted by molar-refractivity contribution is 7.26. The van der Waals surface area contributed by atoms with E-state index in [1.54, 1.807) is 0 Å². The van der Waals surface area contributed by atoms with Gasteiger partial charge in [-0.1, -0.05) is 51.1 Å². The highest BCUT2D eigenvalue weighted by atomic mass is 32.1. The zero-order valence-electron chi connectivity index (χ0n) is 23.6. The van der Waals surface area contributed by atoms with Crippen molar-refractivity contribution in [3.05, 3.63) is 126 Å². The molecule has 200 valence electrons. The molecule has 5 heterocycles. The lowest BCUT2D eigenvalue weighted by Crippen LogP contribution is -2.78. The van der Waals surface area contributed by atoms with E-state index < -0.39 is 5.66 Å². The molecule has 0 amide bonds. The minimum absolute atomic E-state index is 0.00949. The minimum Gasteiger partial charge on any atom is -0.404 e. The van der Waals surface area contributed by atoms with E-state index >= 15 is 0 Å². The molecule has 5 heteroatoms. The highest BCUT2D eigenvalue weighted by Crippen LogP contribution is 2.59. The van der Waals surface area contributed by atoms with Crippen molar-refractivity contribution in [3.63, 3.8) is 0 Å². The summed E-state index contributed by atoms with van der Waals surface area (Å²) in [6, 6.07) is 35.5. The number of benzene rings is 4. The average molecular weight is 562 g/mol. The monoisotopic (exact) mass is 561 g/mol. The van der Waals surface area contributed by atoms with Crippen LogP contribution in [0, 0.1) is 0 Å². The van der Waals surface area contributed by atoms with E-state index in [1.807, 2.05) is 11.3 Å². The number of rotatable bonds is 1. The van der Waals surface area contributed by atoms with E-state index in [1.165, 1.54) is 53.3 Å². The van der Waals surface area contributed by atoms with Crippen molar-refractivity contribution in [2.45, 2.75) is 31.8 Å². The molecule has 3 aromatic heterocycles. The van der Waals surface area contributed by atoms with E-state index in [-0.39, 0.29) is 5.41 Å². The number of hydrogen-bond acceptors (Lipinski definition) is 3. The van der Waals surface area contributed by atoms with E-state index in [0.29, 0.717) is 0 Å². The fourth-order valence-electron chi connectivity index (χ4n) is 7.69. The normalized spacial score (nSPS) is 17.6. The van der Waals surface area contributed by atoms with Gasteiger partial charge in [0.1, 0.15) is 28.3 Å². The van der Waals surface area contributed by atoms with Crippen molar-refractivity contribution in [1.29, 1.82) is 0 Å². The first-order valence-electron chi connectivity index (χ1n) is 14.5. The van der Waals surface area contributed by atoms with Crippen LogP contribution in [0.1, 0.15) is 37.5 Å². The Morgan fingerprint density at radius 1 is 0.714 bits per heavy atom. The molecule has 0 fully saturated rings. The number of para-hydroxylation sites is 1. The largest absolute Gasteiger partial charge is 0.404 e. The van der Waals surface area contributed by atoms with Gasteiger partial charge in [-0.15, -0.1) is 15.9 Å². The number of aromatic nitrogens is 2. The summed E-state index contributed by atoms with van der Waals surface area (Å²) in [6.45, 7) is 6.88. The first-order valence-corrected chi connectivity index (χ1v) is 15.3. The van der Waals surface area contributed by atoms with E-state index in [9.17, 15) is 0 Å². The Bertz CT molecular complexity index is 2330. The molecule has 42 heavy (non-hydrogen) atoms. The highest BCUT2D eigenvalue weighted by Gasteiger charge is 2.66. The van der Waals surface area contributed by atoms with Gasteiger partial charge in [-0.3, -0.25) is 0 Å². The molecule has 1 spiro atoms. The van der Waals surface area contributed by atoms with Crippen LogP contribution in [0.3, 0.4) is 0 Å². The number of nitrogens with zero attached hydrogens (tertiary/aromatic N) is 3. The third kappa shape index (κ3) is 2.52. The van der Waals surface area contributed by atoms with E-state index in [4.69, 9.17) is 4.74 Å². The van der Waals surface area contributed by atoms with Crippen molar-refractivity contribution >= 4 is 59.5 Å². The number of hydrogen-bond donors (Lipinski definition) is 0. The Kier molecular flexibility index (Phi) is 4.01. The van der Waals surface area contributed by atoms with Crippen LogP contribution in [0.4, 0.5) is 17.2 Å². The van der Waals surface area contributed by atoms with Crippen molar-refractivity contribution in [1.82, 2.24) is 0 Å². The third-order valence-corrected chi connectivity index (χ3v) is 10.6. The lowest BCUT2D eigenvalue weighted by Gasteiger charge is -2.41. The molecule has 10 rings (SSSR count). The summed E-state index contributed by atoms with van der Waals surface area (Å²) in [5.74, 6) is 2.90. The standard InChI is InChI=1S/C37H27N3OS/c1-36(2,3)23-18-20-38-29(21-23)40(24-9-5-4-6-10-24)25-14-12-22-13-16-27-32-31(22)34(25)37(38)35-26(15-17-28(42-27)33(32)35)41-30-11-7-8-19-39(30)37/h4-21H,1-3H3/q+2. The van der Waals surface area contributed by atoms with Crippen molar-refractivity contribution in [2.75, 3.05) is 4.90 Å². The Hall–Kier alpha value is -4.74. The van der Waals surface area contributed by atoms with Gasteiger partial charge >= 0.3 is 11.5 Å². The zero-order chi connectivity index (χ0) is 28.0. The minimum atomic E-state index is -0.669. The molecule has 0 saturated carbocycles. The topological polar surface area (TPSA) is 20.2 Å². The Morgan fingerprint density at radius 3 is 2.36 bits per heavy atom. The molecule has 0 radical (unpaired) electrons. The summed E-state index contributed by atoms with van der Waals surface area (Å²) >= 11 is 1.88. The van der Waals surface area contributed by atoms with Gasteiger partial charge in [-0.05, 0) is 64.9 Å². The second-order valence-corrected chi connectivity index (χ2v) is 13.7. The number of ether oxygens (including phenoxy) is 1. The number of thiophene rings is 1. The first-order chi connectivity index (χ1) is 20.5. The molecular weight excluding hydrogens is 534 g/mol. The summed E-state index contributed by atoms with van der Waals surface area (Å²) in [4.78, 5) is 2.46. The smallest absolute Gasteiger partial charge is 0.377 e. The molecule has 0 saturated heterocycles. The van der Waals surface area contributed by atoms with Crippen LogP contribution in [0.15, 0.2) is 109 Å². The predicted octanol–water partition coefficient (Wildman–Crippen LogP) is 8.58. The van der Waals surface area contributed by atoms with Crippen LogP contribution in [0.5, 0.6) is 11.6 Å². The van der Waals surface area contributed by atoms with Gasteiger partial charge < -0.3 is 4.74 Å². The Labute approximate surface area is 247 Å². The number of anilines is 3. The summed E-state index contributed by atoms with van der Waals surface area (Å²) in [5.41, 5.74) is 5.50. The maximum absolute atomic E-state index is 6.74. The van der Waals surface area contributed by atoms with E-state index in [2.05, 4.69) is 144 Å². The molecule has 3 aliphatic rings. The third-order valence-electron chi connectivity index (χ3n) is 9.44. The average Bonchev–Trinajstić information content (AvgIpc) is 3.40. The molecule has 1 atom stereocenters. The van der Waals surface area contributed by atoms with Gasteiger partial charge in [0, 0.05) is 37.7 Å². The SMILES string of the molecule is CC(C)(C)c1cc[n+]2c(c1)N(c1ccccc1)c1ccc3ccc4sc5ccc6c7c5c4c3c1C72[n+]1ccccc1O6. The van der Waals surface area contributed by atoms with Gasteiger partial charge in [0.2, 0.25) is 0 Å². The van der Waals surface area contributed by atoms with Gasteiger partial charge in [0.05, 0.1) is 12.3 Å². The first kappa shape index (κ1) is 22.9. The summed E-state index contributed by atoms with van der Waals surface area (Å²) in [6.07, 6.45) is 4.52. The second-order valence-electron chi connectivity index (χ2n) is 12.7. The summed E-state index contributed by atoms with van der Waals surface area (Å²) in [7, 11) is 0. The maximum Gasteiger partial charge on any atom is 0.377 e. The zero-order valence-corrected chi connectivity index (χ0v) is 24.4. The molecule has 4 nitrogen and oxygen atoms in total. The Morgan fingerprint density at radius 2 is 1.50 bits per heavy atom. The molecule has 7 aromatic rings. The van der Waals surface area contributed by atoms with Crippen LogP contribution >= 0.6 is 11.3 Å². The molecule has 1 aliphatic carbocycles. The fourth-order valence-corrected chi connectivity index (χ4v) is 8.81. The predicted molar refractivity (Wildman–Crippen MR) is 169 cm³/mol. The maximum atomic E-state index is 6.74. The fraction of sp³-hybridized carbons (Fsp3) is 0.135. The lowest BCUT2D eigenvalue weighted by molar-refractivity contribution is -0.969. The van der Waals surface area contributed by atoms with Crippen molar-refractivity contribution in [3.8, 4) is 11.6 Å². The molecule has 2 aliphatic heterocycles. The summed E-state index contributed by atoms with van der Waals surface area (Å²) in [5, 5.41) is 5.27. The summed E-state index contributed by atoms with van der Waals surface area (Å²) < 4.78 is 14.2. The molecule has 1 unspecified atom stereocenters. The quantitative estimate of drug-likeness (QED) is 0.187. The van der Waals surface area contributed by atoms with Crippen molar-refractivity contribution < 1.29 is 13.9 Å². The van der Waals surface area contributed by atoms with Crippen LogP contribution < -0.4 is 18.8 Å². The van der Waals surface area contributed by atoms with Gasteiger partial charge in [-0.2, -0.15) is 9.47 Å². The second kappa shape index (κ2) is 7.36. The molecular formula is C37H27N3OS+2. The Balaban J connectivity index is 1.51. The lowest BCUT2D eigenvalue weighted by atomic mass is 9.75. The van der Waals surface area contributed by atoms with Crippen LogP contribution in [0.25, 0.3) is 30.9 Å². The van der Waals surface area contributed by atoms with Crippen LogP contribution in [-0.2, 0) is 11.1 Å². The van der Waals surface area contributed by atoms with Crippen LogP contribution in [0.2, 0.25) is 0 Å². The van der Waals surface area contributed by atoms with Gasteiger partial charge in [0.15, 0.2) is 6.20 Å². The van der Waals surface area contributed by atoms with E-state index in [0.717, 1.165) is 23.1 Å². The van der Waals surface area contributed by atoms with Gasteiger partial charge in [-0.25, -0.2) is 0 Å². The van der Waals surface area contributed by atoms with Crippen LogP contribution in [-0.4, -0.2) is 0 Å². The molecule has 0 N–H and O–H groups in total. The number of fused-ring (bicyclic) bond motifs is 2. The van der Waals surface area contributed by atoms with Crippen molar-refractivity contribution in [2.24, 2.45) is 0 Å². The van der Waals surface area contributed by atoms with Gasteiger partial charge in [0.25, 0.3) is 5.82 Å². The molecule has 0 bridgehead atoms. The number of pyridine rings is 2.